The van der Waals surface area contributed by atoms with Crippen molar-refractivity contribution in [3.8, 4) is 0 Å². The summed E-state index contributed by atoms with van der Waals surface area (Å²) in [6, 6.07) is 6.61. The molecule has 166 valence electrons. The number of piperidine rings is 1. The van der Waals surface area contributed by atoms with Crippen molar-refractivity contribution in [1.82, 2.24) is 20.3 Å². The van der Waals surface area contributed by atoms with Gasteiger partial charge in [0.05, 0.1) is 0 Å². The third-order valence-corrected chi connectivity index (χ3v) is 6.37. The number of rotatable bonds is 5. The van der Waals surface area contributed by atoms with Crippen LogP contribution in [0.15, 0.2) is 30.6 Å². The molecule has 2 aliphatic rings. The summed E-state index contributed by atoms with van der Waals surface area (Å²) >= 11 is 5.53. The highest BCUT2D eigenvalue weighted by molar-refractivity contribution is 7.80. The van der Waals surface area contributed by atoms with E-state index in [1.165, 1.54) is 44.9 Å². The molecule has 0 radical (unpaired) electrons. The number of hydrogen-bond donors (Lipinski definition) is 2. The lowest BCUT2D eigenvalue weighted by atomic mass is 10.0. The van der Waals surface area contributed by atoms with Gasteiger partial charge in [0.1, 0.15) is 11.6 Å². The Morgan fingerprint density at radius 1 is 1.06 bits per heavy atom. The van der Waals surface area contributed by atoms with E-state index in [2.05, 4.69) is 38.4 Å². The molecule has 31 heavy (non-hydrogen) atoms. The van der Waals surface area contributed by atoms with E-state index in [1.54, 1.807) is 6.20 Å². The van der Waals surface area contributed by atoms with Crippen molar-refractivity contribution < 1.29 is 0 Å². The number of hydrogen-bond acceptors (Lipinski definition) is 6. The Labute approximate surface area is 190 Å². The second kappa shape index (κ2) is 10.7. The van der Waals surface area contributed by atoms with Crippen molar-refractivity contribution in [3.63, 3.8) is 0 Å². The zero-order valence-electron chi connectivity index (χ0n) is 18.4. The molecule has 2 aliphatic heterocycles. The molecule has 2 N–H and O–H groups in total. The van der Waals surface area contributed by atoms with Crippen LogP contribution in [0.25, 0.3) is 0 Å². The molecule has 0 unspecified atom stereocenters. The first-order valence-electron chi connectivity index (χ1n) is 11.5. The maximum atomic E-state index is 5.53. The van der Waals surface area contributed by atoms with E-state index >= 15 is 0 Å². The SMILES string of the molecule is C[C@H]1CCCCN1c1cc(N2CCCCCC2)nc(NC(=S)NCc2cccnc2)n1. The number of thiocarbonyl (C=S) groups is 1. The molecule has 0 aromatic carbocycles. The summed E-state index contributed by atoms with van der Waals surface area (Å²) in [4.78, 5) is 18.7. The van der Waals surface area contributed by atoms with E-state index in [-0.39, 0.29) is 0 Å². The zero-order valence-corrected chi connectivity index (χ0v) is 19.2. The minimum absolute atomic E-state index is 0.490. The lowest BCUT2D eigenvalue weighted by Crippen LogP contribution is -2.38. The van der Waals surface area contributed by atoms with Crippen LogP contribution in [0, 0.1) is 0 Å². The lowest BCUT2D eigenvalue weighted by molar-refractivity contribution is 0.481. The fourth-order valence-electron chi connectivity index (χ4n) is 4.36. The minimum Gasteiger partial charge on any atom is -0.358 e. The van der Waals surface area contributed by atoms with Crippen molar-refractivity contribution in [2.24, 2.45) is 0 Å². The highest BCUT2D eigenvalue weighted by atomic mass is 32.1. The highest BCUT2D eigenvalue weighted by Crippen LogP contribution is 2.28. The smallest absolute Gasteiger partial charge is 0.232 e. The first-order valence-corrected chi connectivity index (χ1v) is 11.9. The summed E-state index contributed by atoms with van der Waals surface area (Å²) in [6.45, 7) is 6.05. The number of nitrogens with one attached hydrogen (secondary N) is 2. The number of nitrogens with zero attached hydrogens (tertiary/aromatic N) is 5. The third-order valence-electron chi connectivity index (χ3n) is 6.13. The van der Waals surface area contributed by atoms with Gasteiger partial charge in [-0.05, 0) is 62.9 Å². The fraction of sp³-hybridized carbons (Fsp3) is 0.565. The van der Waals surface area contributed by atoms with Crippen LogP contribution in [-0.4, -0.2) is 45.7 Å². The summed E-state index contributed by atoms with van der Waals surface area (Å²) in [6.07, 6.45) is 12.3. The molecule has 8 heteroatoms. The molecular weight excluding hydrogens is 406 g/mol. The molecule has 4 rings (SSSR count). The van der Waals surface area contributed by atoms with E-state index in [1.807, 2.05) is 18.3 Å². The van der Waals surface area contributed by atoms with Gasteiger partial charge in [-0.15, -0.1) is 0 Å². The first kappa shape index (κ1) is 21.7. The van der Waals surface area contributed by atoms with Crippen LogP contribution in [0.4, 0.5) is 17.6 Å². The van der Waals surface area contributed by atoms with Crippen molar-refractivity contribution in [2.75, 3.05) is 34.8 Å². The highest BCUT2D eigenvalue weighted by Gasteiger charge is 2.22. The van der Waals surface area contributed by atoms with Crippen LogP contribution in [0.2, 0.25) is 0 Å². The normalized spacial score (nSPS) is 19.6. The van der Waals surface area contributed by atoms with Gasteiger partial charge in [0.15, 0.2) is 5.11 Å². The van der Waals surface area contributed by atoms with Gasteiger partial charge in [-0.2, -0.15) is 9.97 Å². The van der Waals surface area contributed by atoms with Crippen LogP contribution in [0.5, 0.6) is 0 Å². The summed E-state index contributed by atoms with van der Waals surface area (Å²) in [5.41, 5.74) is 1.08. The maximum Gasteiger partial charge on any atom is 0.232 e. The van der Waals surface area contributed by atoms with Gasteiger partial charge in [0.2, 0.25) is 5.95 Å². The zero-order chi connectivity index (χ0) is 21.5. The minimum atomic E-state index is 0.490. The number of aromatic nitrogens is 3. The molecule has 2 aromatic rings. The molecule has 4 heterocycles. The van der Waals surface area contributed by atoms with E-state index in [4.69, 9.17) is 22.2 Å². The monoisotopic (exact) mass is 439 g/mol. The summed E-state index contributed by atoms with van der Waals surface area (Å²) < 4.78 is 0. The topological polar surface area (TPSA) is 69.2 Å². The Bertz CT molecular complexity index is 852. The maximum absolute atomic E-state index is 5.53. The standard InChI is InChI=1S/C23H33N7S/c1-18-9-4-7-14-30(18)21-15-20(29-12-5-2-3-6-13-29)26-22(27-21)28-23(31)25-17-19-10-8-11-24-16-19/h8,10-11,15-16,18H,2-7,9,12-14,17H2,1H3,(H2,25,26,27,28,31)/t18-/m0/s1. The van der Waals surface area contributed by atoms with Gasteiger partial charge in [-0.3, -0.25) is 4.98 Å². The molecule has 0 aliphatic carbocycles. The molecule has 1 atom stereocenters. The molecule has 2 fully saturated rings. The third kappa shape index (κ3) is 6.03. The molecule has 0 spiro atoms. The van der Waals surface area contributed by atoms with Gasteiger partial charge in [-0.1, -0.05) is 18.9 Å². The summed E-state index contributed by atoms with van der Waals surface area (Å²) in [5, 5.41) is 6.99. The number of anilines is 3. The predicted octanol–water partition coefficient (Wildman–Crippen LogP) is 4.12. The first-order chi connectivity index (χ1) is 15.2. The van der Waals surface area contributed by atoms with Crippen LogP contribution in [0.1, 0.15) is 57.4 Å². The van der Waals surface area contributed by atoms with Crippen molar-refractivity contribution >= 4 is 34.9 Å². The average Bonchev–Trinajstić information content (AvgIpc) is 3.08. The van der Waals surface area contributed by atoms with Crippen molar-refractivity contribution in [3.05, 3.63) is 36.2 Å². The summed E-state index contributed by atoms with van der Waals surface area (Å²) in [7, 11) is 0. The number of pyridine rings is 1. The van der Waals surface area contributed by atoms with Crippen LogP contribution in [-0.2, 0) is 6.54 Å². The quantitative estimate of drug-likeness (QED) is 0.675. The van der Waals surface area contributed by atoms with Gasteiger partial charge in [0, 0.05) is 50.7 Å². The van der Waals surface area contributed by atoms with Gasteiger partial charge in [-0.25, -0.2) is 0 Å². The Morgan fingerprint density at radius 2 is 1.84 bits per heavy atom. The second-order valence-electron chi connectivity index (χ2n) is 8.52. The Hall–Kier alpha value is -2.48. The molecule has 0 bridgehead atoms. The lowest BCUT2D eigenvalue weighted by Gasteiger charge is -2.35. The van der Waals surface area contributed by atoms with Gasteiger partial charge < -0.3 is 20.4 Å². The Morgan fingerprint density at radius 3 is 2.58 bits per heavy atom. The largest absolute Gasteiger partial charge is 0.358 e. The van der Waals surface area contributed by atoms with E-state index < -0.39 is 0 Å². The van der Waals surface area contributed by atoms with E-state index in [9.17, 15) is 0 Å². The predicted molar refractivity (Wildman–Crippen MR) is 131 cm³/mol. The van der Waals surface area contributed by atoms with Crippen LogP contribution < -0.4 is 20.4 Å². The molecule has 0 saturated carbocycles. The molecule has 2 saturated heterocycles. The molecular formula is C23H33N7S. The second-order valence-corrected chi connectivity index (χ2v) is 8.92. The Balaban J connectivity index is 1.52. The van der Waals surface area contributed by atoms with Gasteiger partial charge >= 0.3 is 0 Å². The summed E-state index contributed by atoms with van der Waals surface area (Å²) in [5.74, 6) is 2.57. The van der Waals surface area contributed by atoms with E-state index in [0.29, 0.717) is 23.6 Å². The average molecular weight is 440 g/mol. The molecule has 2 aromatic heterocycles. The Kier molecular flexibility index (Phi) is 7.51. The van der Waals surface area contributed by atoms with Crippen molar-refractivity contribution in [2.45, 2.75) is 64.5 Å². The molecule has 7 nitrogen and oxygen atoms in total. The van der Waals surface area contributed by atoms with Crippen LogP contribution in [0.3, 0.4) is 0 Å². The molecule has 0 amide bonds. The fourth-order valence-corrected chi connectivity index (χ4v) is 4.52. The van der Waals surface area contributed by atoms with Crippen molar-refractivity contribution in [1.29, 1.82) is 0 Å². The van der Waals surface area contributed by atoms with E-state index in [0.717, 1.165) is 36.8 Å². The van der Waals surface area contributed by atoms with Crippen LogP contribution >= 0.6 is 12.2 Å². The van der Waals surface area contributed by atoms with Gasteiger partial charge in [0.25, 0.3) is 0 Å².